The van der Waals surface area contributed by atoms with Crippen LogP contribution in [-0.4, -0.2) is 44.4 Å². The molecule has 36 heavy (non-hydrogen) atoms. The van der Waals surface area contributed by atoms with Crippen molar-refractivity contribution >= 4 is 46.0 Å². The number of aromatic nitrogens is 2. The van der Waals surface area contributed by atoms with Crippen LogP contribution in [0.2, 0.25) is 10.0 Å². The number of carboxylic acids is 1. The van der Waals surface area contributed by atoms with Gasteiger partial charge < -0.3 is 9.67 Å². The molecule has 1 aliphatic rings. The van der Waals surface area contributed by atoms with Crippen molar-refractivity contribution in [1.29, 1.82) is 0 Å². The van der Waals surface area contributed by atoms with Gasteiger partial charge in [-0.25, -0.2) is 4.98 Å². The summed E-state index contributed by atoms with van der Waals surface area (Å²) in [5.74, 6) is -1.18. The number of pyridine rings is 1. The molecule has 11 heteroatoms. The van der Waals surface area contributed by atoms with E-state index < -0.39 is 23.6 Å². The fourth-order valence-corrected chi connectivity index (χ4v) is 5.30. The van der Waals surface area contributed by atoms with Crippen molar-refractivity contribution in [2.24, 2.45) is 13.0 Å². The van der Waals surface area contributed by atoms with Crippen LogP contribution >= 0.6 is 23.2 Å². The highest BCUT2D eigenvalue weighted by Crippen LogP contribution is 2.35. The average molecular weight is 542 g/mol. The molecule has 1 N–H and O–H groups in total. The maximum atomic E-state index is 13.6. The number of rotatable bonds is 6. The van der Waals surface area contributed by atoms with Crippen molar-refractivity contribution in [3.63, 3.8) is 0 Å². The number of fused-ring (bicyclic) bond motifs is 1. The molecule has 2 aromatic heterocycles. The molecule has 0 spiro atoms. The van der Waals surface area contributed by atoms with E-state index in [1.54, 1.807) is 12.1 Å². The van der Waals surface area contributed by atoms with E-state index >= 15 is 0 Å². The molecule has 0 saturated carbocycles. The molecular weight excluding hydrogens is 518 g/mol. The Balaban J connectivity index is 1.64. The van der Waals surface area contributed by atoms with Crippen molar-refractivity contribution in [1.82, 2.24) is 14.5 Å². The maximum Gasteiger partial charge on any atom is 0.433 e. The van der Waals surface area contributed by atoms with E-state index in [0.717, 1.165) is 18.9 Å². The smallest absolute Gasteiger partial charge is 0.433 e. The number of carbonyl (C=O) groups is 2. The number of aliphatic carboxylic acids is 1. The van der Waals surface area contributed by atoms with Crippen LogP contribution in [0.3, 0.4) is 0 Å². The number of carbonyl (C=O) groups excluding carboxylic acids is 1. The highest BCUT2D eigenvalue weighted by molar-refractivity contribution is 6.41. The summed E-state index contributed by atoms with van der Waals surface area (Å²) in [5.41, 5.74) is 0.246. The number of alkyl halides is 3. The summed E-state index contributed by atoms with van der Waals surface area (Å²) in [6, 6.07) is 5.79. The van der Waals surface area contributed by atoms with Crippen molar-refractivity contribution in [2.75, 3.05) is 13.1 Å². The molecule has 1 aromatic carbocycles. The van der Waals surface area contributed by atoms with Crippen molar-refractivity contribution in [3.05, 3.63) is 62.4 Å². The minimum atomic E-state index is -4.61. The van der Waals surface area contributed by atoms with Gasteiger partial charge in [0.1, 0.15) is 11.3 Å². The Morgan fingerprint density at radius 1 is 1.17 bits per heavy atom. The molecule has 0 radical (unpaired) electrons. The van der Waals surface area contributed by atoms with Gasteiger partial charge in [-0.3, -0.25) is 14.5 Å². The Morgan fingerprint density at radius 3 is 2.44 bits per heavy atom. The topological polar surface area (TPSA) is 75.4 Å². The molecule has 1 aliphatic heterocycles. The number of halogens is 5. The van der Waals surface area contributed by atoms with Gasteiger partial charge in [0.25, 0.3) is 0 Å². The van der Waals surface area contributed by atoms with Crippen molar-refractivity contribution in [3.8, 4) is 0 Å². The number of likely N-dealkylation sites (tertiary alicyclic amines) is 1. The van der Waals surface area contributed by atoms with Crippen LogP contribution in [0.4, 0.5) is 13.2 Å². The summed E-state index contributed by atoms with van der Waals surface area (Å²) < 4.78 is 41.1. The van der Waals surface area contributed by atoms with E-state index in [4.69, 9.17) is 28.3 Å². The standard InChI is InChI=1S/C25H24Cl2F3N3O3/c1-13-9-19(25(28,29)30)31-24-16(13)11-18(32(24)2)23(36)21-17(26)4-3-15(22(21)27)12-33-7-5-14(6-8-33)10-20(34)35/h3-4,9,11,14H,5-8,10,12H2,1-2H3,(H,34,35). The lowest BCUT2D eigenvalue weighted by Crippen LogP contribution is -2.34. The van der Waals surface area contributed by atoms with E-state index in [-0.39, 0.29) is 39.3 Å². The highest BCUT2D eigenvalue weighted by Gasteiger charge is 2.34. The van der Waals surface area contributed by atoms with Crippen LogP contribution in [0.1, 0.15) is 52.1 Å². The molecule has 4 rings (SSSR count). The van der Waals surface area contributed by atoms with Crippen LogP contribution in [0.25, 0.3) is 11.0 Å². The van der Waals surface area contributed by atoms with Crippen molar-refractivity contribution < 1.29 is 27.9 Å². The summed E-state index contributed by atoms with van der Waals surface area (Å²) >= 11 is 13.0. The first-order chi connectivity index (χ1) is 16.9. The Kier molecular flexibility index (Phi) is 7.37. The van der Waals surface area contributed by atoms with E-state index in [2.05, 4.69) is 9.88 Å². The van der Waals surface area contributed by atoms with E-state index in [0.29, 0.717) is 36.1 Å². The Bertz CT molecular complexity index is 1350. The number of carboxylic acid groups (broad SMARTS) is 1. The average Bonchev–Trinajstić information content (AvgIpc) is 3.13. The molecule has 0 unspecified atom stereocenters. The number of piperidine rings is 1. The van der Waals surface area contributed by atoms with Gasteiger partial charge in [-0.1, -0.05) is 29.3 Å². The molecule has 1 fully saturated rings. The lowest BCUT2D eigenvalue weighted by molar-refractivity contribution is -0.141. The summed E-state index contributed by atoms with van der Waals surface area (Å²) in [5, 5.41) is 9.76. The molecule has 0 bridgehead atoms. The normalized spacial score (nSPS) is 15.5. The Labute approximate surface area is 215 Å². The molecule has 0 amide bonds. The van der Waals surface area contributed by atoms with E-state index in [9.17, 15) is 22.8 Å². The van der Waals surface area contributed by atoms with Crippen LogP contribution in [0.15, 0.2) is 24.3 Å². The third kappa shape index (κ3) is 5.23. The number of ketones is 1. The summed E-state index contributed by atoms with van der Waals surface area (Å²) in [6.07, 6.45) is -2.95. The molecule has 0 atom stereocenters. The van der Waals surface area contributed by atoms with Gasteiger partial charge in [-0.2, -0.15) is 13.2 Å². The fraction of sp³-hybridized carbons (Fsp3) is 0.400. The van der Waals surface area contributed by atoms with Gasteiger partial charge in [-0.15, -0.1) is 0 Å². The summed E-state index contributed by atoms with van der Waals surface area (Å²) in [6.45, 7) is 3.40. The quantitative estimate of drug-likeness (QED) is 0.380. The van der Waals surface area contributed by atoms with Gasteiger partial charge in [0.2, 0.25) is 5.78 Å². The van der Waals surface area contributed by atoms with E-state index in [1.165, 1.54) is 24.6 Å². The molecule has 3 heterocycles. The molecule has 192 valence electrons. The third-order valence-electron chi connectivity index (χ3n) is 6.69. The largest absolute Gasteiger partial charge is 0.481 e. The van der Waals surface area contributed by atoms with Gasteiger partial charge in [0.15, 0.2) is 0 Å². The zero-order chi connectivity index (χ0) is 26.4. The first kappa shape index (κ1) is 26.4. The summed E-state index contributed by atoms with van der Waals surface area (Å²) in [4.78, 5) is 30.4. The monoisotopic (exact) mass is 541 g/mol. The maximum absolute atomic E-state index is 13.6. The second-order valence-corrected chi connectivity index (χ2v) is 9.98. The Morgan fingerprint density at radius 2 is 1.83 bits per heavy atom. The van der Waals surface area contributed by atoms with Gasteiger partial charge in [0, 0.05) is 25.4 Å². The molecule has 0 aliphatic carbocycles. The number of aryl methyl sites for hydroxylation is 2. The molecular formula is C25H24Cl2F3N3O3. The van der Waals surface area contributed by atoms with Crippen LogP contribution < -0.4 is 0 Å². The predicted octanol–water partition coefficient (Wildman–Crippen LogP) is 6.13. The van der Waals surface area contributed by atoms with Gasteiger partial charge in [0.05, 0.1) is 21.3 Å². The number of nitrogens with zero attached hydrogens (tertiary/aromatic N) is 3. The van der Waals surface area contributed by atoms with Crippen molar-refractivity contribution in [2.45, 2.75) is 38.9 Å². The minimum Gasteiger partial charge on any atom is -0.481 e. The Hall–Kier alpha value is -2.62. The first-order valence-electron chi connectivity index (χ1n) is 11.4. The summed E-state index contributed by atoms with van der Waals surface area (Å²) in [7, 11) is 1.48. The molecule has 6 nitrogen and oxygen atoms in total. The zero-order valence-corrected chi connectivity index (χ0v) is 21.1. The SMILES string of the molecule is Cc1cc(C(F)(F)F)nc2c1cc(C(=O)c1c(Cl)ccc(CN3CCC(CC(=O)O)CC3)c1Cl)n2C. The van der Waals surface area contributed by atoms with Crippen LogP contribution in [0.5, 0.6) is 0 Å². The molecule has 3 aromatic rings. The van der Waals surface area contributed by atoms with Gasteiger partial charge >= 0.3 is 12.1 Å². The van der Waals surface area contributed by atoms with Crippen LogP contribution in [-0.2, 0) is 24.6 Å². The second kappa shape index (κ2) is 10.0. The van der Waals surface area contributed by atoms with Crippen LogP contribution in [0, 0.1) is 12.8 Å². The first-order valence-corrected chi connectivity index (χ1v) is 12.1. The number of benzene rings is 1. The lowest BCUT2D eigenvalue weighted by atomic mass is 9.93. The zero-order valence-electron chi connectivity index (χ0n) is 19.6. The van der Waals surface area contributed by atoms with E-state index in [1.807, 2.05) is 0 Å². The lowest BCUT2D eigenvalue weighted by Gasteiger charge is -2.31. The number of hydrogen-bond acceptors (Lipinski definition) is 4. The number of hydrogen-bond donors (Lipinski definition) is 1. The fourth-order valence-electron chi connectivity index (χ4n) is 4.70. The second-order valence-electron chi connectivity index (χ2n) is 9.19. The minimum absolute atomic E-state index is 0.0401. The van der Waals surface area contributed by atoms with Gasteiger partial charge in [-0.05, 0) is 68.1 Å². The predicted molar refractivity (Wildman–Crippen MR) is 131 cm³/mol. The highest BCUT2D eigenvalue weighted by atomic mass is 35.5. The third-order valence-corrected chi connectivity index (χ3v) is 7.44. The molecule has 1 saturated heterocycles.